The molecule has 1 amide bonds. The number of hydrogen-bond acceptors (Lipinski definition) is 6. The Balaban J connectivity index is 1.54. The van der Waals surface area contributed by atoms with Gasteiger partial charge in [0.15, 0.2) is 0 Å². The number of carbonyl (C=O) groups excluding carboxylic acids is 1. The van der Waals surface area contributed by atoms with E-state index in [9.17, 15) is 4.79 Å². The minimum atomic E-state index is -0.542. The first-order chi connectivity index (χ1) is 12.2. The van der Waals surface area contributed by atoms with Gasteiger partial charge in [0.1, 0.15) is 5.82 Å². The van der Waals surface area contributed by atoms with E-state index in [1.54, 1.807) is 12.5 Å². The van der Waals surface area contributed by atoms with Crippen LogP contribution in [0.25, 0.3) is 5.69 Å². The number of benzene rings is 1. The van der Waals surface area contributed by atoms with Crippen LogP contribution < -0.4 is 16.4 Å². The van der Waals surface area contributed by atoms with E-state index in [1.165, 1.54) is 6.20 Å². The molecule has 8 nitrogen and oxygen atoms in total. The van der Waals surface area contributed by atoms with Crippen molar-refractivity contribution in [3.05, 3.63) is 54.7 Å². The van der Waals surface area contributed by atoms with Gasteiger partial charge in [0.2, 0.25) is 5.95 Å². The maximum Gasteiger partial charge on any atom is 0.254 e. The third-order valence-electron chi connectivity index (χ3n) is 3.90. The standard InChI is InChI=1S/C17H17N7O/c18-15(25)14-9-20-17(23-16(14)21-11-1-2-11)22-12-3-5-13(6-4-12)24-8-7-19-10-24/h3-11H,1-2H2,(H2,18,25)(H2,20,21,22,23). The highest BCUT2D eigenvalue weighted by atomic mass is 16.1. The molecule has 126 valence electrons. The number of nitrogens with zero attached hydrogens (tertiary/aromatic N) is 4. The van der Waals surface area contributed by atoms with Crippen LogP contribution in [0.5, 0.6) is 0 Å². The van der Waals surface area contributed by atoms with Gasteiger partial charge < -0.3 is 20.9 Å². The molecule has 1 fully saturated rings. The molecule has 0 saturated heterocycles. The van der Waals surface area contributed by atoms with E-state index in [0.717, 1.165) is 24.2 Å². The first-order valence-electron chi connectivity index (χ1n) is 7.98. The molecule has 1 aliphatic carbocycles. The van der Waals surface area contributed by atoms with Crippen LogP contribution in [0.15, 0.2) is 49.2 Å². The lowest BCUT2D eigenvalue weighted by molar-refractivity contribution is 0.100. The molecule has 0 spiro atoms. The minimum absolute atomic E-state index is 0.299. The van der Waals surface area contributed by atoms with Crippen LogP contribution in [0.2, 0.25) is 0 Å². The highest BCUT2D eigenvalue weighted by molar-refractivity contribution is 5.97. The Hall–Kier alpha value is -3.42. The summed E-state index contributed by atoms with van der Waals surface area (Å²) < 4.78 is 1.92. The Morgan fingerprint density at radius 2 is 2.04 bits per heavy atom. The van der Waals surface area contributed by atoms with Crippen LogP contribution in [-0.4, -0.2) is 31.5 Å². The van der Waals surface area contributed by atoms with Gasteiger partial charge in [-0.3, -0.25) is 4.79 Å². The fourth-order valence-electron chi connectivity index (χ4n) is 2.41. The molecule has 1 saturated carbocycles. The Morgan fingerprint density at radius 3 is 2.68 bits per heavy atom. The average Bonchev–Trinajstić information content (AvgIpc) is 3.25. The fraction of sp³-hybridized carbons (Fsp3) is 0.176. The molecule has 0 bridgehead atoms. The van der Waals surface area contributed by atoms with Crippen molar-refractivity contribution >= 4 is 23.4 Å². The lowest BCUT2D eigenvalue weighted by Gasteiger charge is -2.11. The molecule has 25 heavy (non-hydrogen) atoms. The monoisotopic (exact) mass is 335 g/mol. The second kappa shape index (κ2) is 6.23. The first-order valence-corrected chi connectivity index (χ1v) is 7.98. The number of carbonyl (C=O) groups is 1. The van der Waals surface area contributed by atoms with E-state index in [2.05, 4.69) is 25.6 Å². The molecule has 3 aromatic rings. The van der Waals surface area contributed by atoms with Gasteiger partial charge in [-0.25, -0.2) is 9.97 Å². The molecular weight excluding hydrogens is 318 g/mol. The van der Waals surface area contributed by atoms with Crippen molar-refractivity contribution in [3.63, 3.8) is 0 Å². The predicted molar refractivity (Wildman–Crippen MR) is 94.0 cm³/mol. The number of hydrogen-bond donors (Lipinski definition) is 3. The summed E-state index contributed by atoms with van der Waals surface area (Å²) in [7, 11) is 0. The van der Waals surface area contributed by atoms with Crippen molar-refractivity contribution in [3.8, 4) is 5.69 Å². The van der Waals surface area contributed by atoms with Gasteiger partial charge in [0.25, 0.3) is 5.91 Å². The van der Waals surface area contributed by atoms with Crippen LogP contribution >= 0.6 is 0 Å². The van der Waals surface area contributed by atoms with Gasteiger partial charge >= 0.3 is 0 Å². The van der Waals surface area contributed by atoms with E-state index >= 15 is 0 Å². The highest BCUT2D eigenvalue weighted by Gasteiger charge is 2.24. The van der Waals surface area contributed by atoms with Crippen LogP contribution in [-0.2, 0) is 0 Å². The average molecular weight is 335 g/mol. The van der Waals surface area contributed by atoms with Gasteiger partial charge in [-0.05, 0) is 37.1 Å². The maximum absolute atomic E-state index is 11.5. The predicted octanol–water partition coefficient (Wildman–Crippen LogP) is 2.08. The SMILES string of the molecule is NC(=O)c1cnc(Nc2ccc(-n3ccnc3)cc2)nc1NC1CC1. The summed E-state index contributed by atoms with van der Waals surface area (Å²) in [6.07, 6.45) is 8.94. The van der Waals surface area contributed by atoms with Crippen LogP contribution in [0, 0.1) is 0 Å². The van der Waals surface area contributed by atoms with Crippen molar-refractivity contribution in [2.24, 2.45) is 5.73 Å². The van der Waals surface area contributed by atoms with Crippen molar-refractivity contribution in [2.45, 2.75) is 18.9 Å². The Morgan fingerprint density at radius 1 is 1.24 bits per heavy atom. The smallest absolute Gasteiger partial charge is 0.254 e. The molecule has 4 N–H and O–H groups in total. The van der Waals surface area contributed by atoms with Gasteiger partial charge in [-0.15, -0.1) is 0 Å². The van der Waals surface area contributed by atoms with Gasteiger partial charge in [0.05, 0.1) is 11.9 Å². The molecule has 0 atom stereocenters. The summed E-state index contributed by atoms with van der Waals surface area (Å²) >= 11 is 0. The topological polar surface area (TPSA) is 111 Å². The summed E-state index contributed by atoms with van der Waals surface area (Å²) in [4.78, 5) is 24.1. The van der Waals surface area contributed by atoms with Crippen molar-refractivity contribution in [2.75, 3.05) is 10.6 Å². The van der Waals surface area contributed by atoms with Crippen LogP contribution in [0.1, 0.15) is 23.2 Å². The zero-order valence-corrected chi connectivity index (χ0v) is 13.4. The van der Waals surface area contributed by atoms with E-state index in [1.807, 2.05) is 35.0 Å². The van der Waals surface area contributed by atoms with E-state index < -0.39 is 5.91 Å². The van der Waals surface area contributed by atoms with Crippen molar-refractivity contribution < 1.29 is 4.79 Å². The Bertz CT molecular complexity index is 886. The maximum atomic E-state index is 11.5. The van der Waals surface area contributed by atoms with Crippen LogP contribution in [0.4, 0.5) is 17.5 Å². The van der Waals surface area contributed by atoms with Crippen molar-refractivity contribution in [1.82, 2.24) is 19.5 Å². The Labute approximate surface area is 144 Å². The van der Waals surface area contributed by atoms with Gasteiger partial charge in [0, 0.05) is 36.0 Å². The summed E-state index contributed by atoms with van der Waals surface area (Å²) in [6, 6.07) is 8.13. The molecule has 0 radical (unpaired) electrons. The van der Waals surface area contributed by atoms with E-state index in [-0.39, 0.29) is 0 Å². The molecule has 2 aromatic heterocycles. The number of nitrogens with two attached hydrogens (primary N) is 1. The van der Waals surface area contributed by atoms with Gasteiger partial charge in [-0.2, -0.15) is 4.98 Å². The number of anilines is 3. The molecule has 8 heteroatoms. The number of amides is 1. The summed E-state index contributed by atoms with van der Waals surface area (Å²) in [5, 5.41) is 6.35. The molecule has 2 heterocycles. The highest BCUT2D eigenvalue weighted by Crippen LogP contribution is 2.26. The zero-order valence-electron chi connectivity index (χ0n) is 13.4. The summed E-state index contributed by atoms with van der Waals surface area (Å²) in [5.41, 5.74) is 7.53. The second-order valence-corrected chi connectivity index (χ2v) is 5.88. The normalized spacial score (nSPS) is 13.4. The van der Waals surface area contributed by atoms with E-state index in [4.69, 9.17) is 5.73 Å². The summed E-state index contributed by atoms with van der Waals surface area (Å²) in [6.45, 7) is 0. The second-order valence-electron chi connectivity index (χ2n) is 5.88. The molecule has 1 aliphatic rings. The van der Waals surface area contributed by atoms with Crippen molar-refractivity contribution in [1.29, 1.82) is 0 Å². The molecule has 0 aliphatic heterocycles. The lowest BCUT2D eigenvalue weighted by atomic mass is 10.2. The largest absolute Gasteiger partial charge is 0.367 e. The number of primary amides is 1. The minimum Gasteiger partial charge on any atom is -0.367 e. The van der Waals surface area contributed by atoms with E-state index in [0.29, 0.717) is 23.4 Å². The molecule has 4 rings (SSSR count). The number of nitrogens with one attached hydrogen (secondary N) is 2. The number of imidazole rings is 1. The summed E-state index contributed by atoms with van der Waals surface area (Å²) in [5.74, 6) is 0.338. The third kappa shape index (κ3) is 3.42. The fourth-order valence-corrected chi connectivity index (χ4v) is 2.41. The zero-order chi connectivity index (χ0) is 17.2. The Kier molecular flexibility index (Phi) is 3.77. The lowest BCUT2D eigenvalue weighted by Crippen LogP contribution is -2.17. The number of aromatic nitrogens is 4. The number of rotatable bonds is 6. The first kappa shape index (κ1) is 15.1. The third-order valence-corrected chi connectivity index (χ3v) is 3.90. The van der Waals surface area contributed by atoms with Gasteiger partial charge in [-0.1, -0.05) is 0 Å². The molecular formula is C17H17N7O. The quantitative estimate of drug-likeness (QED) is 0.636. The van der Waals surface area contributed by atoms with Crippen LogP contribution in [0.3, 0.4) is 0 Å². The molecule has 0 unspecified atom stereocenters. The molecule has 1 aromatic carbocycles.